The van der Waals surface area contributed by atoms with Crippen LogP contribution in [0.4, 0.5) is 0 Å². The second-order valence-electron chi connectivity index (χ2n) is 4.90. The molecule has 1 aromatic rings. The zero-order valence-corrected chi connectivity index (χ0v) is 14.5. The van der Waals surface area contributed by atoms with E-state index in [-0.39, 0.29) is 0 Å². The van der Waals surface area contributed by atoms with E-state index in [0.29, 0.717) is 6.61 Å². The molecular formula is C15H22BrNO2S. The van der Waals surface area contributed by atoms with Gasteiger partial charge < -0.3 is 14.8 Å². The Labute approximate surface area is 133 Å². The van der Waals surface area contributed by atoms with Crippen molar-refractivity contribution in [1.82, 2.24) is 5.32 Å². The third-order valence-electron chi connectivity index (χ3n) is 3.36. The summed E-state index contributed by atoms with van der Waals surface area (Å²) in [5, 5.41) is 3.54. The molecule has 0 amide bonds. The summed E-state index contributed by atoms with van der Waals surface area (Å²) in [5.41, 5.74) is 1.21. The lowest BCUT2D eigenvalue weighted by Gasteiger charge is -2.14. The SMILES string of the molecule is CCOc1c(Br)cc(CNCC2CCSC2)cc1OC. The first-order chi connectivity index (χ1) is 9.74. The number of thioether (sulfide) groups is 1. The van der Waals surface area contributed by atoms with Gasteiger partial charge in [-0.15, -0.1) is 0 Å². The van der Waals surface area contributed by atoms with Crippen molar-refractivity contribution >= 4 is 27.7 Å². The van der Waals surface area contributed by atoms with E-state index in [1.807, 2.05) is 13.0 Å². The van der Waals surface area contributed by atoms with E-state index in [1.54, 1.807) is 7.11 Å². The van der Waals surface area contributed by atoms with Gasteiger partial charge in [-0.3, -0.25) is 0 Å². The molecule has 1 fully saturated rings. The molecule has 1 aromatic carbocycles. The molecule has 1 aliphatic rings. The van der Waals surface area contributed by atoms with E-state index in [4.69, 9.17) is 9.47 Å². The largest absolute Gasteiger partial charge is 0.493 e. The third kappa shape index (κ3) is 4.30. The molecule has 1 saturated heterocycles. The van der Waals surface area contributed by atoms with E-state index in [2.05, 4.69) is 39.1 Å². The van der Waals surface area contributed by atoms with E-state index >= 15 is 0 Å². The van der Waals surface area contributed by atoms with Crippen molar-refractivity contribution < 1.29 is 9.47 Å². The third-order valence-corrected chi connectivity index (χ3v) is 5.18. The summed E-state index contributed by atoms with van der Waals surface area (Å²) in [6.07, 6.45) is 1.34. The molecule has 1 unspecified atom stereocenters. The summed E-state index contributed by atoms with van der Waals surface area (Å²) in [4.78, 5) is 0. The van der Waals surface area contributed by atoms with Gasteiger partial charge in [-0.25, -0.2) is 0 Å². The topological polar surface area (TPSA) is 30.5 Å². The minimum Gasteiger partial charge on any atom is -0.493 e. The molecule has 1 heterocycles. The standard InChI is InChI=1S/C15H22BrNO2S/c1-3-19-15-13(16)6-12(7-14(15)18-2)9-17-8-11-4-5-20-10-11/h6-7,11,17H,3-5,8-10H2,1-2H3. The molecule has 1 N–H and O–H groups in total. The molecule has 0 bridgehead atoms. The van der Waals surface area contributed by atoms with Gasteiger partial charge in [-0.1, -0.05) is 0 Å². The molecule has 0 aliphatic carbocycles. The number of methoxy groups -OCH3 is 1. The number of benzene rings is 1. The smallest absolute Gasteiger partial charge is 0.175 e. The highest BCUT2D eigenvalue weighted by Gasteiger charge is 2.15. The first kappa shape index (κ1) is 16.0. The molecule has 20 heavy (non-hydrogen) atoms. The van der Waals surface area contributed by atoms with Crippen LogP contribution in [0.25, 0.3) is 0 Å². The van der Waals surface area contributed by atoms with Gasteiger partial charge in [0.1, 0.15) is 0 Å². The summed E-state index contributed by atoms with van der Waals surface area (Å²) in [7, 11) is 1.68. The number of halogens is 1. The van der Waals surface area contributed by atoms with Crippen LogP contribution in [0.3, 0.4) is 0 Å². The summed E-state index contributed by atoms with van der Waals surface area (Å²) < 4.78 is 12.0. The zero-order chi connectivity index (χ0) is 14.4. The number of hydrogen-bond donors (Lipinski definition) is 1. The lowest BCUT2D eigenvalue weighted by atomic mass is 10.1. The van der Waals surface area contributed by atoms with Gasteiger partial charge in [0, 0.05) is 6.54 Å². The molecular weight excluding hydrogens is 338 g/mol. The molecule has 2 rings (SSSR count). The van der Waals surface area contributed by atoms with Crippen LogP contribution in [0.1, 0.15) is 18.9 Å². The maximum absolute atomic E-state index is 5.60. The molecule has 0 spiro atoms. The second-order valence-corrected chi connectivity index (χ2v) is 6.91. The Hall–Kier alpha value is -0.390. The van der Waals surface area contributed by atoms with Crippen LogP contribution in [-0.4, -0.2) is 31.8 Å². The Morgan fingerprint density at radius 1 is 1.45 bits per heavy atom. The van der Waals surface area contributed by atoms with Crippen molar-refractivity contribution in [3.63, 3.8) is 0 Å². The first-order valence-corrected chi connectivity index (χ1v) is 8.97. The fourth-order valence-corrected chi connectivity index (χ4v) is 4.21. The number of ether oxygens (including phenoxy) is 2. The van der Waals surface area contributed by atoms with Crippen molar-refractivity contribution in [3.05, 3.63) is 22.2 Å². The van der Waals surface area contributed by atoms with E-state index in [1.165, 1.54) is 23.5 Å². The molecule has 1 aliphatic heterocycles. The fraction of sp³-hybridized carbons (Fsp3) is 0.600. The van der Waals surface area contributed by atoms with Gasteiger partial charge in [0.25, 0.3) is 0 Å². The van der Waals surface area contributed by atoms with Crippen LogP contribution in [-0.2, 0) is 6.54 Å². The van der Waals surface area contributed by atoms with Crippen LogP contribution < -0.4 is 14.8 Å². The average Bonchev–Trinajstić information content (AvgIpc) is 2.94. The monoisotopic (exact) mass is 359 g/mol. The van der Waals surface area contributed by atoms with Gasteiger partial charge >= 0.3 is 0 Å². The molecule has 112 valence electrons. The van der Waals surface area contributed by atoms with Crippen LogP contribution >= 0.6 is 27.7 Å². The normalized spacial score (nSPS) is 18.2. The maximum Gasteiger partial charge on any atom is 0.175 e. The Balaban J connectivity index is 1.95. The van der Waals surface area contributed by atoms with Gasteiger partial charge in [-0.2, -0.15) is 11.8 Å². The van der Waals surface area contributed by atoms with Crippen molar-refractivity contribution in [2.45, 2.75) is 19.9 Å². The van der Waals surface area contributed by atoms with Crippen LogP contribution in [0.15, 0.2) is 16.6 Å². The van der Waals surface area contributed by atoms with Crippen molar-refractivity contribution in [2.75, 3.05) is 31.8 Å². The van der Waals surface area contributed by atoms with Crippen molar-refractivity contribution in [2.24, 2.45) is 5.92 Å². The fourth-order valence-electron chi connectivity index (χ4n) is 2.32. The molecule has 5 heteroatoms. The van der Waals surface area contributed by atoms with E-state index in [0.717, 1.165) is 35.0 Å². The minimum absolute atomic E-state index is 0.631. The zero-order valence-electron chi connectivity index (χ0n) is 12.1. The predicted molar refractivity (Wildman–Crippen MR) is 89.0 cm³/mol. The van der Waals surface area contributed by atoms with Crippen molar-refractivity contribution in [1.29, 1.82) is 0 Å². The van der Waals surface area contributed by atoms with Gasteiger partial charge in [0.05, 0.1) is 18.2 Å². The number of rotatable bonds is 7. The lowest BCUT2D eigenvalue weighted by molar-refractivity contribution is 0.308. The Kier molecular flexibility index (Phi) is 6.52. The first-order valence-electron chi connectivity index (χ1n) is 7.02. The second kappa shape index (κ2) is 8.15. The minimum atomic E-state index is 0.631. The Morgan fingerprint density at radius 2 is 2.30 bits per heavy atom. The molecule has 0 saturated carbocycles. The summed E-state index contributed by atoms with van der Waals surface area (Å²) >= 11 is 5.62. The highest BCUT2D eigenvalue weighted by Crippen LogP contribution is 2.36. The van der Waals surface area contributed by atoms with E-state index < -0.39 is 0 Å². The Bertz CT molecular complexity index is 436. The summed E-state index contributed by atoms with van der Waals surface area (Å²) in [6, 6.07) is 4.15. The molecule has 3 nitrogen and oxygen atoms in total. The molecule has 0 radical (unpaired) electrons. The van der Waals surface area contributed by atoms with Crippen LogP contribution in [0.5, 0.6) is 11.5 Å². The average molecular weight is 360 g/mol. The Morgan fingerprint density at radius 3 is 2.95 bits per heavy atom. The lowest BCUT2D eigenvalue weighted by Crippen LogP contribution is -2.22. The highest BCUT2D eigenvalue weighted by atomic mass is 79.9. The molecule has 1 atom stereocenters. The summed E-state index contributed by atoms with van der Waals surface area (Å²) in [5.74, 6) is 5.01. The quantitative estimate of drug-likeness (QED) is 0.803. The van der Waals surface area contributed by atoms with Gasteiger partial charge in [-0.05, 0) is 70.9 Å². The van der Waals surface area contributed by atoms with Crippen LogP contribution in [0, 0.1) is 5.92 Å². The molecule has 0 aromatic heterocycles. The number of hydrogen-bond acceptors (Lipinski definition) is 4. The highest BCUT2D eigenvalue weighted by molar-refractivity contribution is 9.10. The van der Waals surface area contributed by atoms with Gasteiger partial charge in [0.2, 0.25) is 0 Å². The van der Waals surface area contributed by atoms with E-state index in [9.17, 15) is 0 Å². The number of nitrogens with one attached hydrogen (secondary N) is 1. The van der Waals surface area contributed by atoms with Gasteiger partial charge in [0.15, 0.2) is 11.5 Å². The van der Waals surface area contributed by atoms with Crippen LogP contribution in [0.2, 0.25) is 0 Å². The predicted octanol–water partition coefficient (Wildman–Crippen LogP) is 3.70. The van der Waals surface area contributed by atoms with Crippen molar-refractivity contribution in [3.8, 4) is 11.5 Å². The summed E-state index contributed by atoms with van der Waals surface area (Å²) in [6.45, 7) is 4.57. The maximum atomic E-state index is 5.60.